The summed E-state index contributed by atoms with van der Waals surface area (Å²) < 4.78 is 198. The van der Waals surface area contributed by atoms with Crippen LogP contribution in [0.3, 0.4) is 0 Å². The van der Waals surface area contributed by atoms with Gasteiger partial charge in [-0.05, 0) is 90.5 Å². The monoisotopic (exact) mass is 927 g/mol. The smallest absolute Gasteiger partial charge is 0.465 e. The van der Waals surface area contributed by atoms with Crippen molar-refractivity contribution in [2.75, 3.05) is 7.11 Å². The molecular weight excluding hydrogens is 902 g/mol. The molecule has 326 valence electrons. The Labute approximate surface area is 340 Å². The Morgan fingerprint density at radius 1 is 0.492 bits per heavy atom. The van der Waals surface area contributed by atoms with Crippen molar-refractivity contribution in [3.63, 3.8) is 0 Å². The summed E-state index contributed by atoms with van der Waals surface area (Å²) >= 11 is 0. The lowest BCUT2D eigenvalue weighted by Gasteiger charge is -2.13. The third-order valence-corrected chi connectivity index (χ3v) is 12.2. The fraction of sp³-hybridized carbons (Fsp3) is 0.135. The number of amides is 1. The molecule has 1 amide bonds. The summed E-state index contributed by atoms with van der Waals surface area (Å²) in [6.07, 6.45) is 0. The van der Waals surface area contributed by atoms with Gasteiger partial charge in [-0.25, -0.2) is 30.0 Å². The van der Waals surface area contributed by atoms with Crippen LogP contribution < -0.4 is 14.8 Å². The Morgan fingerprint density at radius 2 is 0.852 bits per heavy atom. The predicted molar refractivity (Wildman–Crippen MR) is 195 cm³/mol. The van der Waals surface area contributed by atoms with E-state index in [-0.39, 0.29) is 41.0 Å². The molecule has 0 fully saturated rings. The van der Waals surface area contributed by atoms with Crippen molar-refractivity contribution >= 4 is 41.4 Å². The fourth-order valence-corrected chi connectivity index (χ4v) is 6.92. The summed E-state index contributed by atoms with van der Waals surface area (Å²) in [6.45, 7) is 0.0695. The quantitative estimate of drug-likeness (QED) is 0.0992. The van der Waals surface area contributed by atoms with Crippen LogP contribution in [0.5, 0.6) is 23.0 Å². The molecule has 0 atom stereocenters. The molecule has 24 heteroatoms. The van der Waals surface area contributed by atoms with Crippen molar-refractivity contribution in [2.24, 2.45) is 0 Å². The zero-order valence-corrected chi connectivity index (χ0v) is 32.8. The van der Waals surface area contributed by atoms with E-state index in [1.54, 1.807) is 30.3 Å². The predicted octanol–water partition coefficient (Wildman–Crippen LogP) is 8.55. The molecular formula is C37H26F9NO11S3. The zero-order valence-electron chi connectivity index (χ0n) is 30.4. The third-order valence-electron chi connectivity index (χ3n) is 7.68. The summed E-state index contributed by atoms with van der Waals surface area (Å²) in [5, 5.41) is 2.59. The molecule has 5 aromatic rings. The van der Waals surface area contributed by atoms with Gasteiger partial charge in [0.2, 0.25) is 0 Å². The van der Waals surface area contributed by atoms with Gasteiger partial charge in [0.1, 0.15) is 23.0 Å². The van der Waals surface area contributed by atoms with Crippen LogP contribution in [0, 0.1) is 0 Å². The molecule has 5 rings (SSSR count). The number of ether oxygens (including phenoxy) is 3. The molecule has 0 bridgehead atoms. The maximum atomic E-state index is 12.7. The van der Waals surface area contributed by atoms with Crippen molar-refractivity contribution in [3.05, 3.63) is 138 Å². The Bertz CT molecular complexity index is 2580. The highest BCUT2D eigenvalue weighted by Crippen LogP contribution is 2.36. The average molecular weight is 928 g/mol. The first-order valence-electron chi connectivity index (χ1n) is 16.3. The first-order valence-corrected chi connectivity index (χ1v) is 20.8. The molecule has 0 saturated heterocycles. The van der Waals surface area contributed by atoms with Gasteiger partial charge in [-0.15, -0.1) is 0 Å². The second kappa shape index (κ2) is 18.2. The van der Waals surface area contributed by atoms with E-state index >= 15 is 0 Å². The van der Waals surface area contributed by atoms with E-state index in [0.717, 1.165) is 55.6 Å². The lowest BCUT2D eigenvalue weighted by atomic mass is 10.2. The van der Waals surface area contributed by atoms with Gasteiger partial charge in [0.15, 0.2) is 0 Å². The normalized spacial score (nSPS) is 12.4. The number of esters is 1. The van der Waals surface area contributed by atoms with Crippen LogP contribution in [0.25, 0.3) is 0 Å². The van der Waals surface area contributed by atoms with Crippen LogP contribution in [0.4, 0.5) is 39.5 Å². The van der Waals surface area contributed by atoms with E-state index in [2.05, 4.69) is 10.1 Å². The minimum absolute atomic E-state index is 0.0695. The molecule has 61 heavy (non-hydrogen) atoms. The van der Waals surface area contributed by atoms with Crippen molar-refractivity contribution in [1.82, 2.24) is 5.32 Å². The van der Waals surface area contributed by atoms with Crippen LogP contribution in [0.15, 0.2) is 136 Å². The Hall–Kier alpha value is -6.14. The number of rotatable bonds is 11. The molecule has 0 saturated carbocycles. The summed E-state index contributed by atoms with van der Waals surface area (Å²) in [7, 11) is -15.5. The third kappa shape index (κ3) is 11.6. The number of benzene rings is 5. The first kappa shape index (κ1) is 47.5. The highest BCUT2D eigenvalue weighted by Gasteiger charge is 2.48. The number of carbonyl (C=O) groups excluding carboxylic acids is 2. The van der Waals surface area contributed by atoms with Crippen molar-refractivity contribution in [3.8, 4) is 23.0 Å². The Kier molecular flexibility index (Phi) is 14.2. The zero-order chi connectivity index (χ0) is 45.6. The molecule has 0 aliphatic carbocycles. The molecule has 0 unspecified atom stereocenters. The van der Waals surface area contributed by atoms with Gasteiger partial charge in [0, 0.05) is 18.2 Å². The lowest BCUT2D eigenvalue weighted by molar-refractivity contribution is -0.0442. The summed E-state index contributed by atoms with van der Waals surface area (Å²) in [5.41, 5.74) is -15.6. The minimum atomic E-state index is -5.59. The second-order valence-corrected chi connectivity index (χ2v) is 17.7. The van der Waals surface area contributed by atoms with E-state index in [1.165, 1.54) is 18.2 Å². The maximum absolute atomic E-state index is 12.7. The SMILES string of the molecule is COC(=O)c1cc(Oc2ccc(S(=O)(=O)C(F)(F)F)cc2)cc(Oc2ccc(S(=O)(=O)C(F)(F)F)cc2)c1.O=C(NCc1ccc(S(=O)(=O)C(F)(F)F)cc1)c1ccccc1. The molecule has 0 aliphatic rings. The molecule has 12 nitrogen and oxygen atoms in total. The van der Waals surface area contributed by atoms with E-state index in [1.807, 2.05) is 0 Å². The van der Waals surface area contributed by atoms with Crippen molar-refractivity contribution in [2.45, 2.75) is 37.8 Å². The molecule has 0 radical (unpaired) electrons. The number of nitrogens with one attached hydrogen (secondary N) is 1. The van der Waals surface area contributed by atoms with Crippen LogP contribution in [0.2, 0.25) is 0 Å². The fourth-order valence-electron chi connectivity index (χ4n) is 4.63. The van der Waals surface area contributed by atoms with Gasteiger partial charge >= 0.3 is 22.5 Å². The number of alkyl halides is 9. The molecule has 0 spiro atoms. The number of hydrogen-bond donors (Lipinski definition) is 1. The second-order valence-electron chi connectivity index (χ2n) is 11.9. The lowest BCUT2D eigenvalue weighted by Crippen LogP contribution is -2.24. The summed E-state index contributed by atoms with van der Waals surface area (Å²) in [5.74, 6) is -1.69. The van der Waals surface area contributed by atoms with Crippen LogP contribution in [0.1, 0.15) is 26.3 Å². The standard InChI is InChI=1S/C22H14F6O8S2.C15H12F3NO3S/c1-34-20(29)13-10-16(35-14-2-6-18(7-3-14)37(30,31)21(23,24)25)12-17(11-13)36-15-4-8-19(9-5-15)38(32,33)22(26,27)28;16-15(17,18)23(21,22)13-8-6-11(7-9-13)10-19-14(20)12-4-2-1-3-5-12/h2-12H,1H3;1-9H,10H2,(H,19,20). The molecule has 0 aromatic heterocycles. The summed E-state index contributed by atoms with van der Waals surface area (Å²) in [4.78, 5) is 21.0. The maximum Gasteiger partial charge on any atom is 0.501 e. The van der Waals surface area contributed by atoms with E-state index in [9.17, 15) is 74.4 Å². The van der Waals surface area contributed by atoms with E-state index in [0.29, 0.717) is 35.4 Å². The largest absolute Gasteiger partial charge is 0.501 e. The molecule has 5 aromatic carbocycles. The van der Waals surface area contributed by atoms with Crippen molar-refractivity contribution < 1.29 is 88.6 Å². The van der Waals surface area contributed by atoms with Gasteiger partial charge in [0.25, 0.3) is 35.4 Å². The Morgan fingerprint density at radius 3 is 1.20 bits per heavy atom. The number of carbonyl (C=O) groups is 2. The van der Waals surface area contributed by atoms with Gasteiger partial charge in [-0.1, -0.05) is 30.3 Å². The van der Waals surface area contributed by atoms with E-state index < -0.39 is 66.7 Å². The molecule has 1 N–H and O–H groups in total. The number of methoxy groups -OCH3 is 1. The minimum Gasteiger partial charge on any atom is -0.465 e. The van der Waals surface area contributed by atoms with Crippen LogP contribution in [-0.4, -0.2) is 60.8 Å². The molecule has 0 heterocycles. The highest BCUT2D eigenvalue weighted by molar-refractivity contribution is 7.92. The van der Waals surface area contributed by atoms with E-state index in [4.69, 9.17) is 9.47 Å². The average Bonchev–Trinajstić information content (AvgIpc) is 3.19. The van der Waals surface area contributed by atoms with Crippen LogP contribution >= 0.6 is 0 Å². The van der Waals surface area contributed by atoms with Crippen molar-refractivity contribution in [1.29, 1.82) is 0 Å². The number of sulfone groups is 3. The number of halogens is 9. The topological polar surface area (TPSA) is 176 Å². The van der Waals surface area contributed by atoms with Gasteiger partial charge < -0.3 is 19.5 Å². The van der Waals surface area contributed by atoms with Gasteiger partial charge in [-0.3, -0.25) is 4.79 Å². The summed E-state index contributed by atoms with van der Waals surface area (Å²) in [6, 6.07) is 22.5. The number of hydrogen-bond acceptors (Lipinski definition) is 11. The van der Waals surface area contributed by atoms with Gasteiger partial charge in [0.05, 0.1) is 27.4 Å². The van der Waals surface area contributed by atoms with Crippen LogP contribution in [-0.2, 0) is 40.8 Å². The highest BCUT2D eigenvalue weighted by atomic mass is 32.2. The van der Waals surface area contributed by atoms with Gasteiger partial charge in [-0.2, -0.15) is 39.5 Å². The first-order chi connectivity index (χ1) is 28.2. The Balaban J connectivity index is 0.000000303. The molecule has 0 aliphatic heterocycles.